The molecular formula is C25H23NO10. The number of hydrogen-bond donors (Lipinski definition) is 0. The van der Waals surface area contributed by atoms with Crippen LogP contribution in [0.15, 0.2) is 29.4 Å². The second-order valence-corrected chi connectivity index (χ2v) is 8.44. The van der Waals surface area contributed by atoms with E-state index in [0.29, 0.717) is 28.3 Å². The zero-order valence-corrected chi connectivity index (χ0v) is 20.0. The molecule has 11 heteroatoms. The van der Waals surface area contributed by atoms with Gasteiger partial charge in [-0.25, -0.2) is 0 Å². The Balaban J connectivity index is 1.76. The largest absolute Gasteiger partial charge is 0.493 e. The predicted octanol–water partition coefficient (Wildman–Crippen LogP) is 2.56. The molecule has 188 valence electrons. The van der Waals surface area contributed by atoms with E-state index in [-0.39, 0.29) is 30.6 Å². The molecule has 2 heterocycles. The van der Waals surface area contributed by atoms with Gasteiger partial charge in [0.2, 0.25) is 12.5 Å². The van der Waals surface area contributed by atoms with Gasteiger partial charge in [0.25, 0.3) is 0 Å². The van der Waals surface area contributed by atoms with Gasteiger partial charge in [0.15, 0.2) is 23.0 Å². The summed E-state index contributed by atoms with van der Waals surface area (Å²) in [5, 5.41) is 4.22. The van der Waals surface area contributed by atoms with Crippen LogP contribution >= 0.6 is 0 Å². The zero-order valence-electron chi connectivity index (χ0n) is 20.0. The van der Waals surface area contributed by atoms with Crippen molar-refractivity contribution in [3.63, 3.8) is 0 Å². The number of fused-ring (bicyclic) bond motifs is 4. The summed E-state index contributed by atoms with van der Waals surface area (Å²) >= 11 is 0. The number of carbonyl (C=O) groups excluding carboxylic acids is 3. The first-order chi connectivity index (χ1) is 17.3. The number of methoxy groups -OCH3 is 2. The van der Waals surface area contributed by atoms with Gasteiger partial charge in [0.05, 0.1) is 31.8 Å². The van der Waals surface area contributed by atoms with Crippen molar-refractivity contribution in [2.45, 2.75) is 19.8 Å². The SMILES string of the molecule is COC(=O)[C@@H]1[C@H](c2cc(OC)c(OC(C)=O)c(OC(C)=O)c2)c2cc3c(cc2C2=NOC[C@H]21)OCO3. The van der Waals surface area contributed by atoms with Crippen molar-refractivity contribution in [3.05, 3.63) is 41.0 Å². The first-order valence-electron chi connectivity index (χ1n) is 11.1. The lowest BCUT2D eigenvalue weighted by Crippen LogP contribution is -2.40. The number of carbonyl (C=O) groups is 3. The lowest BCUT2D eigenvalue weighted by molar-refractivity contribution is -0.147. The minimum atomic E-state index is -0.737. The predicted molar refractivity (Wildman–Crippen MR) is 122 cm³/mol. The Hall–Kier alpha value is -4.28. The first-order valence-corrected chi connectivity index (χ1v) is 11.1. The van der Waals surface area contributed by atoms with Gasteiger partial charge in [-0.15, -0.1) is 0 Å². The molecule has 0 spiro atoms. The third kappa shape index (κ3) is 3.86. The first kappa shape index (κ1) is 23.5. The van der Waals surface area contributed by atoms with Crippen LogP contribution < -0.4 is 23.7 Å². The van der Waals surface area contributed by atoms with E-state index in [4.69, 9.17) is 33.3 Å². The normalized spacial score (nSPS) is 20.9. The lowest BCUT2D eigenvalue weighted by atomic mass is 9.65. The number of nitrogens with zero attached hydrogens (tertiary/aromatic N) is 1. The molecule has 0 radical (unpaired) electrons. The molecule has 2 aromatic carbocycles. The summed E-state index contributed by atoms with van der Waals surface area (Å²) in [7, 11) is 2.71. The van der Waals surface area contributed by atoms with Gasteiger partial charge in [-0.1, -0.05) is 5.16 Å². The average molecular weight is 497 g/mol. The van der Waals surface area contributed by atoms with Gasteiger partial charge in [0, 0.05) is 25.3 Å². The van der Waals surface area contributed by atoms with Crippen LogP contribution in [0.25, 0.3) is 0 Å². The molecule has 0 saturated carbocycles. The van der Waals surface area contributed by atoms with Crippen LogP contribution in [-0.2, 0) is 24.0 Å². The van der Waals surface area contributed by atoms with Crippen molar-refractivity contribution < 1.29 is 47.6 Å². The van der Waals surface area contributed by atoms with Crippen molar-refractivity contribution in [1.29, 1.82) is 0 Å². The average Bonchev–Trinajstić information content (AvgIpc) is 3.51. The van der Waals surface area contributed by atoms with E-state index < -0.39 is 35.7 Å². The third-order valence-electron chi connectivity index (χ3n) is 6.31. The second kappa shape index (κ2) is 9.06. The van der Waals surface area contributed by atoms with Crippen molar-refractivity contribution in [2.75, 3.05) is 27.6 Å². The van der Waals surface area contributed by atoms with Gasteiger partial charge in [0.1, 0.15) is 6.61 Å². The van der Waals surface area contributed by atoms with Crippen molar-refractivity contribution in [2.24, 2.45) is 17.0 Å². The number of hydrogen-bond acceptors (Lipinski definition) is 11. The van der Waals surface area contributed by atoms with E-state index in [0.717, 1.165) is 5.56 Å². The highest BCUT2D eigenvalue weighted by molar-refractivity contribution is 6.08. The van der Waals surface area contributed by atoms with Gasteiger partial charge in [-0.2, -0.15) is 0 Å². The Morgan fingerprint density at radius 3 is 2.31 bits per heavy atom. The summed E-state index contributed by atoms with van der Waals surface area (Å²) in [6, 6.07) is 6.80. The Bertz CT molecular complexity index is 1300. The van der Waals surface area contributed by atoms with Crippen LogP contribution in [0.2, 0.25) is 0 Å². The summed E-state index contributed by atoms with van der Waals surface area (Å²) in [5.74, 6) is -2.33. The molecule has 0 unspecified atom stereocenters. The maximum absolute atomic E-state index is 13.2. The molecule has 3 atom stereocenters. The third-order valence-corrected chi connectivity index (χ3v) is 6.31. The number of ether oxygens (including phenoxy) is 6. The van der Waals surface area contributed by atoms with Crippen molar-refractivity contribution >= 4 is 23.6 Å². The number of oxime groups is 1. The number of rotatable bonds is 5. The van der Waals surface area contributed by atoms with Crippen molar-refractivity contribution in [1.82, 2.24) is 0 Å². The van der Waals surface area contributed by atoms with E-state index in [2.05, 4.69) is 5.16 Å². The molecule has 2 aromatic rings. The molecule has 3 aliphatic rings. The summed E-state index contributed by atoms with van der Waals surface area (Å²) in [6.45, 7) is 2.69. The highest BCUT2D eigenvalue weighted by atomic mass is 16.7. The van der Waals surface area contributed by atoms with E-state index in [1.807, 2.05) is 6.07 Å². The highest BCUT2D eigenvalue weighted by Crippen LogP contribution is 2.52. The quantitative estimate of drug-likeness (QED) is 0.449. The molecule has 1 aliphatic carbocycles. The fourth-order valence-corrected chi connectivity index (χ4v) is 4.95. The lowest BCUT2D eigenvalue weighted by Gasteiger charge is -2.36. The number of esters is 3. The molecule has 0 bridgehead atoms. The van der Waals surface area contributed by atoms with Gasteiger partial charge in [-0.05, 0) is 35.4 Å². The summed E-state index contributed by atoms with van der Waals surface area (Å²) in [6.07, 6.45) is 0. The second-order valence-electron chi connectivity index (χ2n) is 8.44. The van der Waals surface area contributed by atoms with E-state index in [1.54, 1.807) is 18.2 Å². The van der Waals surface area contributed by atoms with Crippen molar-refractivity contribution in [3.8, 4) is 28.7 Å². The standard InChI is InChI=1S/C25H23NO10/c1-11(27)35-20-6-13(5-19(30-3)24(20)36-12(2)28)21-14-7-17-18(33-10-32-17)8-15(14)23-16(9-34-26-23)22(21)25(29)31-4/h5-8,16,21-22H,9-10H2,1-4H3/t16-,21+,22-/m0/s1. The fourth-order valence-electron chi connectivity index (χ4n) is 4.95. The molecule has 0 N–H and O–H groups in total. The molecule has 0 saturated heterocycles. The highest BCUT2D eigenvalue weighted by Gasteiger charge is 2.50. The summed E-state index contributed by atoms with van der Waals surface area (Å²) < 4.78 is 32.5. The molecular weight excluding hydrogens is 474 g/mol. The van der Waals surface area contributed by atoms with Gasteiger partial charge in [-0.3, -0.25) is 14.4 Å². The van der Waals surface area contributed by atoms with Gasteiger partial charge >= 0.3 is 17.9 Å². The Kier molecular flexibility index (Phi) is 5.91. The smallest absolute Gasteiger partial charge is 0.310 e. The minimum Gasteiger partial charge on any atom is -0.493 e. The van der Waals surface area contributed by atoms with Crippen LogP contribution in [0.1, 0.15) is 36.5 Å². The summed E-state index contributed by atoms with van der Waals surface area (Å²) in [4.78, 5) is 42.3. The van der Waals surface area contributed by atoms with E-state index in [1.165, 1.54) is 28.1 Å². The van der Waals surface area contributed by atoms with Crippen LogP contribution in [0.3, 0.4) is 0 Å². The van der Waals surface area contributed by atoms with Crippen LogP contribution in [-0.4, -0.2) is 51.2 Å². The zero-order chi connectivity index (χ0) is 25.6. The topological polar surface area (TPSA) is 128 Å². The molecule has 0 aromatic heterocycles. The van der Waals surface area contributed by atoms with E-state index in [9.17, 15) is 14.4 Å². The molecule has 2 aliphatic heterocycles. The Labute approximate surface area is 205 Å². The van der Waals surface area contributed by atoms with Crippen LogP contribution in [0, 0.1) is 11.8 Å². The molecule has 36 heavy (non-hydrogen) atoms. The molecule has 0 fully saturated rings. The maximum atomic E-state index is 13.2. The summed E-state index contributed by atoms with van der Waals surface area (Å²) in [5.41, 5.74) is 2.62. The fraction of sp³-hybridized carbons (Fsp3) is 0.360. The molecule has 5 rings (SSSR count). The minimum absolute atomic E-state index is 0.0277. The molecule has 11 nitrogen and oxygen atoms in total. The van der Waals surface area contributed by atoms with E-state index >= 15 is 0 Å². The van der Waals surface area contributed by atoms with Gasteiger partial charge < -0.3 is 33.3 Å². The van der Waals surface area contributed by atoms with Crippen LogP contribution in [0.5, 0.6) is 28.7 Å². The Morgan fingerprint density at radius 2 is 1.64 bits per heavy atom. The monoisotopic (exact) mass is 497 g/mol. The Morgan fingerprint density at radius 1 is 0.944 bits per heavy atom. The number of benzene rings is 2. The van der Waals surface area contributed by atoms with Crippen LogP contribution in [0.4, 0.5) is 0 Å². The molecule has 0 amide bonds. The maximum Gasteiger partial charge on any atom is 0.310 e.